The van der Waals surface area contributed by atoms with Gasteiger partial charge in [-0.15, -0.1) is 0 Å². The summed E-state index contributed by atoms with van der Waals surface area (Å²) in [6.07, 6.45) is 0. The highest BCUT2D eigenvalue weighted by Crippen LogP contribution is 2.20. The molecular formula is C11H9ClN2O4S. The minimum absolute atomic E-state index is 0.0207. The molecule has 1 unspecified atom stereocenters. The molecule has 1 aliphatic heterocycles. The lowest BCUT2D eigenvalue weighted by Crippen LogP contribution is -2.38. The summed E-state index contributed by atoms with van der Waals surface area (Å²) in [5.74, 6) is -1.20. The van der Waals surface area contributed by atoms with Crippen LogP contribution in [0.25, 0.3) is 0 Å². The Kier molecular flexibility index (Phi) is 3.96. The van der Waals surface area contributed by atoms with E-state index in [0.717, 1.165) is 11.8 Å². The number of carboxylic acid groups (broad SMARTS) is 1. The van der Waals surface area contributed by atoms with Gasteiger partial charge in [-0.05, 0) is 18.2 Å². The van der Waals surface area contributed by atoms with Crippen molar-refractivity contribution in [1.29, 1.82) is 0 Å². The lowest BCUT2D eigenvalue weighted by atomic mass is 10.2. The molecule has 0 aromatic heterocycles. The first-order valence-electron chi connectivity index (χ1n) is 5.24. The Morgan fingerprint density at radius 1 is 1.42 bits per heavy atom. The minimum Gasteiger partial charge on any atom is -0.478 e. The van der Waals surface area contributed by atoms with Gasteiger partial charge in [0.2, 0.25) is 5.91 Å². The Morgan fingerprint density at radius 3 is 2.74 bits per heavy atom. The van der Waals surface area contributed by atoms with Gasteiger partial charge in [0.15, 0.2) is 0 Å². The Balaban J connectivity index is 2.12. The monoisotopic (exact) mass is 300 g/mol. The van der Waals surface area contributed by atoms with Crippen LogP contribution in [0.3, 0.4) is 0 Å². The lowest BCUT2D eigenvalue weighted by Gasteiger charge is -2.11. The standard InChI is InChI=1S/C11H9ClN2O4S/c12-6-1-5(10(16)17)2-7(3-6)13-9(15)8-4-19-11(18)14-8/h1-3,8H,4H2,(H,13,15)(H,14,18)(H,16,17). The molecule has 1 aliphatic rings. The second-order valence-corrected chi connectivity index (χ2v) is 5.25. The number of aromatic carboxylic acids is 1. The highest BCUT2D eigenvalue weighted by Gasteiger charge is 2.28. The second kappa shape index (κ2) is 5.50. The zero-order chi connectivity index (χ0) is 14.0. The average molecular weight is 301 g/mol. The number of carbonyl (C=O) groups excluding carboxylic acids is 2. The molecule has 1 atom stereocenters. The number of nitrogens with one attached hydrogen (secondary N) is 2. The van der Waals surface area contributed by atoms with Crippen molar-refractivity contribution in [3.8, 4) is 0 Å². The summed E-state index contributed by atoms with van der Waals surface area (Å²) < 4.78 is 0. The second-order valence-electron chi connectivity index (χ2n) is 3.82. The minimum atomic E-state index is -1.14. The molecule has 1 aromatic rings. The molecule has 1 saturated heterocycles. The van der Waals surface area contributed by atoms with E-state index in [2.05, 4.69) is 10.6 Å². The molecule has 100 valence electrons. The van der Waals surface area contributed by atoms with Crippen molar-refractivity contribution in [3.05, 3.63) is 28.8 Å². The maximum atomic E-state index is 11.8. The molecular weight excluding hydrogens is 292 g/mol. The van der Waals surface area contributed by atoms with E-state index in [0.29, 0.717) is 5.75 Å². The first-order chi connectivity index (χ1) is 8.95. The highest BCUT2D eigenvalue weighted by atomic mass is 35.5. The number of thioether (sulfide) groups is 1. The molecule has 1 fully saturated rings. The SMILES string of the molecule is O=C1NC(C(=O)Nc2cc(Cl)cc(C(=O)O)c2)CS1. The summed E-state index contributed by atoms with van der Waals surface area (Å²) in [5, 5.41) is 13.9. The summed E-state index contributed by atoms with van der Waals surface area (Å²) in [6.45, 7) is 0. The molecule has 8 heteroatoms. The van der Waals surface area contributed by atoms with Gasteiger partial charge in [-0.3, -0.25) is 9.59 Å². The van der Waals surface area contributed by atoms with Crippen LogP contribution in [0, 0.1) is 0 Å². The number of hydrogen-bond acceptors (Lipinski definition) is 4. The van der Waals surface area contributed by atoms with E-state index >= 15 is 0 Å². The molecule has 1 heterocycles. The lowest BCUT2D eigenvalue weighted by molar-refractivity contribution is -0.117. The van der Waals surface area contributed by atoms with E-state index in [4.69, 9.17) is 16.7 Å². The molecule has 19 heavy (non-hydrogen) atoms. The number of anilines is 1. The number of benzene rings is 1. The van der Waals surface area contributed by atoms with Crippen LogP contribution in [0.15, 0.2) is 18.2 Å². The molecule has 6 nitrogen and oxygen atoms in total. The Labute approximate surface area is 117 Å². The summed E-state index contributed by atoms with van der Waals surface area (Å²) in [7, 11) is 0. The molecule has 3 N–H and O–H groups in total. The van der Waals surface area contributed by atoms with Gasteiger partial charge in [-0.2, -0.15) is 0 Å². The van der Waals surface area contributed by atoms with Gasteiger partial charge in [-0.25, -0.2) is 4.79 Å². The molecule has 0 saturated carbocycles. The fourth-order valence-electron chi connectivity index (χ4n) is 1.54. The van der Waals surface area contributed by atoms with Crippen molar-refractivity contribution in [3.63, 3.8) is 0 Å². The fourth-order valence-corrected chi connectivity index (χ4v) is 2.55. The van der Waals surface area contributed by atoms with Gasteiger partial charge in [0.1, 0.15) is 6.04 Å². The van der Waals surface area contributed by atoms with Crippen LogP contribution in [0.5, 0.6) is 0 Å². The average Bonchev–Trinajstić information content (AvgIpc) is 2.75. The van der Waals surface area contributed by atoms with Crippen molar-refractivity contribution < 1.29 is 19.5 Å². The van der Waals surface area contributed by atoms with Gasteiger partial charge in [0.05, 0.1) is 5.56 Å². The maximum absolute atomic E-state index is 11.8. The Bertz CT molecular complexity index is 564. The van der Waals surface area contributed by atoms with E-state index in [-0.39, 0.29) is 21.5 Å². The first-order valence-corrected chi connectivity index (χ1v) is 6.60. The van der Waals surface area contributed by atoms with Crippen molar-refractivity contribution in [2.45, 2.75) is 6.04 Å². The van der Waals surface area contributed by atoms with E-state index in [1.165, 1.54) is 18.2 Å². The number of hydrogen-bond donors (Lipinski definition) is 3. The highest BCUT2D eigenvalue weighted by molar-refractivity contribution is 8.14. The predicted octanol–water partition coefficient (Wildman–Crippen LogP) is 1.80. The van der Waals surface area contributed by atoms with Crippen LogP contribution < -0.4 is 10.6 Å². The predicted molar refractivity (Wildman–Crippen MR) is 71.8 cm³/mol. The summed E-state index contributed by atoms with van der Waals surface area (Å²) >= 11 is 6.80. The van der Waals surface area contributed by atoms with Crippen molar-refractivity contribution in [2.75, 3.05) is 11.1 Å². The third-order valence-electron chi connectivity index (χ3n) is 2.40. The number of rotatable bonds is 3. The van der Waals surface area contributed by atoms with Crippen LogP contribution in [-0.4, -0.2) is 34.0 Å². The van der Waals surface area contributed by atoms with Gasteiger partial charge in [0.25, 0.3) is 5.24 Å². The van der Waals surface area contributed by atoms with E-state index in [9.17, 15) is 14.4 Å². The third kappa shape index (κ3) is 3.39. The van der Waals surface area contributed by atoms with Crippen LogP contribution in [-0.2, 0) is 4.79 Å². The first kappa shape index (κ1) is 13.7. The molecule has 0 spiro atoms. The zero-order valence-corrected chi connectivity index (χ0v) is 11.0. The van der Waals surface area contributed by atoms with Gasteiger partial charge >= 0.3 is 5.97 Å². The third-order valence-corrected chi connectivity index (χ3v) is 3.50. The van der Waals surface area contributed by atoms with Crippen LogP contribution >= 0.6 is 23.4 Å². The van der Waals surface area contributed by atoms with Crippen molar-refractivity contribution >= 4 is 46.2 Å². The van der Waals surface area contributed by atoms with Gasteiger partial charge in [-0.1, -0.05) is 23.4 Å². The van der Waals surface area contributed by atoms with Gasteiger partial charge in [0, 0.05) is 16.5 Å². The fraction of sp³-hybridized carbons (Fsp3) is 0.182. The van der Waals surface area contributed by atoms with Gasteiger partial charge < -0.3 is 15.7 Å². The summed E-state index contributed by atoms with van der Waals surface area (Å²) in [6, 6.07) is 3.41. The van der Waals surface area contributed by atoms with E-state index in [1.807, 2.05) is 0 Å². The van der Waals surface area contributed by atoms with Crippen molar-refractivity contribution in [2.24, 2.45) is 0 Å². The normalized spacial score (nSPS) is 17.9. The molecule has 1 aromatic carbocycles. The van der Waals surface area contributed by atoms with Crippen LogP contribution in [0.1, 0.15) is 10.4 Å². The molecule has 0 bridgehead atoms. The van der Waals surface area contributed by atoms with Crippen LogP contribution in [0.4, 0.5) is 10.5 Å². The molecule has 0 aliphatic carbocycles. The van der Waals surface area contributed by atoms with Crippen molar-refractivity contribution in [1.82, 2.24) is 5.32 Å². The number of carboxylic acids is 1. The zero-order valence-electron chi connectivity index (χ0n) is 9.47. The quantitative estimate of drug-likeness (QED) is 0.791. The largest absolute Gasteiger partial charge is 0.478 e. The van der Waals surface area contributed by atoms with E-state index in [1.54, 1.807) is 0 Å². The number of amides is 2. The summed E-state index contributed by atoms with van der Waals surface area (Å²) in [5.41, 5.74) is 0.258. The smallest absolute Gasteiger partial charge is 0.335 e. The number of halogens is 1. The van der Waals surface area contributed by atoms with Crippen LogP contribution in [0.2, 0.25) is 5.02 Å². The molecule has 2 amide bonds. The Hall–Kier alpha value is -1.73. The Morgan fingerprint density at radius 2 is 2.16 bits per heavy atom. The topological polar surface area (TPSA) is 95.5 Å². The molecule has 0 radical (unpaired) electrons. The molecule has 2 rings (SSSR count). The van der Waals surface area contributed by atoms with E-state index < -0.39 is 17.9 Å². The number of carbonyl (C=O) groups is 3. The summed E-state index contributed by atoms with van der Waals surface area (Å²) in [4.78, 5) is 33.7. The maximum Gasteiger partial charge on any atom is 0.335 e.